The first kappa shape index (κ1) is 11.3. The van der Waals surface area contributed by atoms with Crippen LogP contribution in [0.3, 0.4) is 0 Å². The zero-order valence-corrected chi connectivity index (χ0v) is 8.78. The third-order valence-electron chi connectivity index (χ3n) is 1.96. The van der Waals surface area contributed by atoms with Crippen LogP contribution in [0.25, 0.3) is 0 Å². The van der Waals surface area contributed by atoms with Crippen LogP contribution >= 0.6 is 0 Å². The molecule has 0 aliphatic carbocycles. The van der Waals surface area contributed by atoms with Crippen molar-refractivity contribution in [3.8, 4) is 0 Å². The summed E-state index contributed by atoms with van der Waals surface area (Å²) in [5, 5.41) is 2.76. The van der Waals surface area contributed by atoms with E-state index in [9.17, 15) is 4.79 Å². The molecule has 1 heterocycles. The van der Waals surface area contributed by atoms with Gasteiger partial charge in [0.15, 0.2) is 6.29 Å². The van der Waals surface area contributed by atoms with E-state index in [1.54, 1.807) is 14.1 Å². The van der Waals surface area contributed by atoms with Crippen molar-refractivity contribution in [1.82, 2.24) is 10.2 Å². The van der Waals surface area contributed by atoms with Crippen LogP contribution in [-0.2, 0) is 9.47 Å². The van der Waals surface area contributed by atoms with Gasteiger partial charge in [-0.15, -0.1) is 0 Å². The van der Waals surface area contributed by atoms with E-state index in [0.29, 0.717) is 13.0 Å². The number of ether oxygens (including phenoxy) is 2. The van der Waals surface area contributed by atoms with Crippen LogP contribution in [0.15, 0.2) is 0 Å². The number of urea groups is 1. The quantitative estimate of drug-likeness (QED) is 0.721. The van der Waals surface area contributed by atoms with Crippen molar-refractivity contribution in [1.29, 1.82) is 0 Å². The highest BCUT2D eigenvalue weighted by atomic mass is 16.7. The Morgan fingerprint density at radius 3 is 2.64 bits per heavy atom. The predicted molar refractivity (Wildman–Crippen MR) is 52.0 cm³/mol. The molecule has 1 aliphatic heterocycles. The molecule has 0 aromatic carbocycles. The number of rotatable bonds is 3. The number of carbonyl (C=O) groups is 1. The highest BCUT2D eigenvalue weighted by Crippen LogP contribution is 2.07. The Morgan fingerprint density at radius 2 is 2.07 bits per heavy atom. The van der Waals surface area contributed by atoms with E-state index in [4.69, 9.17) is 9.47 Å². The molecule has 5 nitrogen and oxygen atoms in total. The molecule has 1 N–H and O–H groups in total. The number of carbonyl (C=O) groups excluding carboxylic acids is 1. The maximum absolute atomic E-state index is 11.1. The lowest BCUT2D eigenvalue weighted by Gasteiger charge is -2.23. The van der Waals surface area contributed by atoms with Gasteiger partial charge < -0.3 is 19.7 Å². The normalized spacial score (nSPS) is 17.9. The van der Waals surface area contributed by atoms with Crippen molar-refractivity contribution in [3.05, 3.63) is 0 Å². The molecule has 5 heteroatoms. The van der Waals surface area contributed by atoms with Gasteiger partial charge in [0, 0.05) is 27.1 Å². The SMILES string of the molecule is CN(C)C(=O)NCCC1OCCCO1. The van der Waals surface area contributed by atoms with Crippen LogP contribution in [0.4, 0.5) is 4.79 Å². The summed E-state index contributed by atoms with van der Waals surface area (Å²) in [5.41, 5.74) is 0. The second-order valence-corrected chi connectivity index (χ2v) is 3.44. The second kappa shape index (κ2) is 5.82. The van der Waals surface area contributed by atoms with Gasteiger partial charge in [0.2, 0.25) is 0 Å². The Hall–Kier alpha value is -0.810. The molecule has 0 unspecified atom stereocenters. The summed E-state index contributed by atoms with van der Waals surface area (Å²) < 4.78 is 10.7. The molecule has 1 saturated heterocycles. The number of nitrogens with one attached hydrogen (secondary N) is 1. The molecule has 0 atom stereocenters. The zero-order chi connectivity index (χ0) is 10.4. The van der Waals surface area contributed by atoms with Gasteiger partial charge in [-0.05, 0) is 6.42 Å². The molecule has 0 aromatic heterocycles. The lowest BCUT2D eigenvalue weighted by molar-refractivity contribution is -0.180. The summed E-state index contributed by atoms with van der Waals surface area (Å²) in [6.07, 6.45) is 1.52. The van der Waals surface area contributed by atoms with Crippen LogP contribution < -0.4 is 5.32 Å². The van der Waals surface area contributed by atoms with Gasteiger partial charge in [-0.2, -0.15) is 0 Å². The predicted octanol–water partition coefficient (Wildman–Crippen LogP) is 0.411. The first-order valence-corrected chi connectivity index (χ1v) is 4.88. The Bertz CT molecular complexity index is 179. The average Bonchev–Trinajstić information content (AvgIpc) is 2.19. The van der Waals surface area contributed by atoms with Crippen molar-refractivity contribution in [2.45, 2.75) is 19.1 Å². The second-order valence-electron chi connectivity index (χ2n) is 3.44. The maximum atomic E-state index is 11.1. The smallest absolute Gasteiger partial charge is 0.316 e. The Balaban J connectivity index is 2.05. The van der Waals surface area contributed by atoms with Crippen LogP contribution in [0.5, 0.6) is 0 Å². The molecule has 1 fully saturated rings. The molecule has 0 aromatic rings. The highest BCUT2D eigenvalue weighted by molar-refractivity contribution is 5.73. The fourth-order valence-corrected chi connectivity index (χ4v) is 1.16. The fourth-order valence-electron chi connectivity index (χ4n) is 1.16. The van der Waals surface area contributed by atoms with E-state index < -0.39 is 0 Å². The number of hydrogen-bond acceptors (Lipinski definition) is 3. The number of nitrogens with zero attached hydrogens (tertiary/aromatic N) is 1. The van der Waals surface area contributed by atoms with E-state index >= 15 is 0 Å². The van der Waals surface area contributed by atoms with Crippen LogP contribution in [0.1, 0.15) is 12.8 Å². The molecule has 0 spiro atoms. The molecule has 82 valence electrons. The standard InChI is InChI=1S/C9H18N2O3/c1-11(2)9(12)10-5-4-8-13-6-3-7-14-8/h8H,3-7H2,1-2H3,(H,10,12). The van der Waals surface area contributed by atoms with E-state index in [1.165, 1.54) is 4.90 Å². The van der Waals surface area contributed by atoms with Crippen molar-refractivity contribution < 1.29 is 14.3 Å². The summed E-state index contributed by atoms with van der Waals surface area (Å²) >= 11 is 0. The number of amides is 2. The Kier molecular flexibility index (Phi) is 4.69. The third kappa shape index (κ3) is 3.93. The Labute approximate surface area is 84.4 Å². The molecule has 1 rings (SSSR count). The summed E-state index contributed by atoms with van der Waals surface area (Å²) in [6.45, 7) is 2.10. The molecular formula is C9H18N2O3. The monoisotopic (exact) mass is 202 g/mol. The van der Waals surface area contributed by atoms with E-state index in [1.807, 2.05) is 0 Å². The molecule has 2 amide bonds. The topological polar surface area (TPSA) is 50.8 Å². The van der Waals surface area contributed by atoms with E-state index in [2.05, 4.69) is 5.32 Å². The van der Waals surface area contributed by atoms with Gasteiger partial charge >= 0.3 is 6.03 Å². The van der Waals surface area contributed by atoms with Crippen molar-refractivity contribution in [2.75, 3.05) is 33.9 Å². The number of hydrogen-bond donors (Lipinski definition) is 1. The van der Waals surface area contributed by atoms with Crippen molar-refractivity contribution in [3.63, 3.8) is 0 Å². The van der Waals surface area contributed by atoms with Gasteiger partial charge in [-0.3, -0.25) is 0 Å². The fraction of sp³-hybridized carbons (Fsp3) is 0.889. The van der Waals surface area contributed by atoms with Gasteiger partial charge in [-0.25, -0.2) is 4.79 Å². The molecule has 0 saturated carbocycles. The molecule has 1 aliphatic rings. The van der Waals surface area contributed by atoms with Crippen LogP contribution in [0.2, 0.25) is 0 Å². The van der Waals surface area contributed by atoms with Gasteiger partial charge in [0.25, 0.3) is 0 Å². The van der Waals surface area contributed by atoms with Gasteiger partial charge in [-0.1, -0.05) is 0 Å². The first-order chi connectivity index (χ1) is 6.70. The first-order valence-electron chi connectivity index (χ1n) is 4.88. The Morgan fingerprint density at radius 1 is 1.43 bits per heavy atom. The minimum atomic E-state index is -0.147. The summed E-state index contributed by atoms with van der Waals surface area (Å²) in [6, 6.07) is -0.0826. The van der Waals surface area contributed by atoms with E-state index in [-0.39, 0.29) is 12.3 Å². The van der Waals surface area contributed by atoms with Crippen LogP contribution in [-0.4, -0.2) is 51.1 Å². The van der Waals surface area contributed by atoms with E-state index in [0.717, 1.165) is 19.6 Å². The molecular weight excluding hydrogens is 184 g/mol. The van der Waals surface area contributed by atoms with Crippen molar-refractivity contribution >= 4 is 6.03 Å². The zero-order valence-electron chi connectivity index (χ0n) is 8.78. The lowest BCUT2D eigenvalue weighted by atomic mass is 10.3. The molecule has 0 bridgehead atoms. The minimum absolute atomic E-state index is 0.0826. The minimum Gasteiger partial charge on any atom is -0.353 e. The third-order valence-corrected chi connectivity index (χ3v) is 1.96. The molecule has 14 heavy (non-hydrogen) atoms. The largest absolute Gasteiger partial charge is 0.353 e. The highest BCUT2D eigenvalue weighted by Gasteiger charge is 2.14. The summed E-state index contributed by atoms with van der Waals surface area (Å²) in [5.74, 6) is 0. The summed E-state index contributed by atoms with van der Waals surface area (Å²) in [7, 11) is 3.42. The average molecular weight is 202 g/mol. The molecule has 0 radical (unpaired) electrons. The van der Waals surface area contributed by atoms with Crippen LogP contribution in [0, 0.1) is 0 Å². The lowest BCUT2D eigenvalue weighted by Crippen LogP contribution is -2.37. The van der Waals surface area contributed by atoms with Crippen molar-refractivity contribution in [2.24, 2.45) is 0 Å². The maximum Gasteiger partial charge on any atom is 0.316 e. The van der Waals surface area contributed by atoms with Gasteiger partial charge in [0.05, 0.1) is 13.2 Å². The van der Waals surface area contributed by atoms with Gasteiger partial charge in [0.1, 0.15) is 0 Å². The summed E-state index contributed by atoms with van der Waals surface area (Å²) in [4.78, 5) is 12.6.